The van der Waals surface area contributed by atoms with Gasteiger partial charge < -0.3 is 11.5 Å². The first kappa shape index (κ1) is 24.2. The van der Waals surface area contributed by atoms with Gasteiger partial charge in [-0.15, -0.1) is 0 Å². The molecule has 0 unspecified atom stereocenters. The lowest BCUT2D eigenvalue weighted by molar-refractivity contribution is 0.0844. The van der Waals surface area contributed by atoms with Crippen molar-refractivity contribution in [1.29, 1.82) is 0 Å². The molecule has 2 amide bonds. The molecular weight excluding hydrogens is 504 g/mol. The topological polar surface area (TPSA) is 210 Å². The van der Waals surface area contributed by atoms with Crippen LogP contribution in [0.4, 0.5) is 5.69 Å². The molecule has 7 N–H and O–H groups in total. The molecule has 0 fully saturated rings. The van der Waals surface area contributed by atoms with Crippen molar-refractivity contribution in [3.05, 3.63) is 29.3 Å². The van der Waals surface area contributed by atoms with Gasteiger partial charge in [0.1, 0.15) is 14.9 Å². The first-order chi connectivity index (χ1) is 14.7. The van der Waals surface area contributed by atoms with Gasteiger partial charge in [0.15, 0.2) is 0 Å². The van der Waals surface area contributed by atoms with Crippen LogP contribution in [-0.4, -0.2) is 60.8 Å². The second kappa shape index (κ2) is 8.16. The summed E-state index contributed by atoms with van der Waals surface area (Å²) in [6.07, 6.45) is 0. The quantitative estimate of drug-likeness (QED) is 0.194. The van der Waals surface area contributed by atoms with Gasteiger partial charge in [-0.3, -0.25) is 28.9 Å². The standard InChI is InChI=1S/C16H14N4O8S4/c17-4-11(29)20(12(30)5-18)14-7-1-6(31(23,24)25)2-8-13(7)9(16(22)19-15(8)21)3-10(14)32(26,27)28/h1-3H,4-5,17-18H2,(H,19,21,22)(H,23,24,25)(H,26,27,28). The Balaban J connectivity index is 2.71. The van der Waals surface area contributed by atoms with E-state index in [0.717, 1.165) is 23.1 Å². The molecule has 1 aliphatic rings. The van der Waals surface area contributed by atoms with Gasteiger partial charge in [-0.25, -0.2) is 0 Å². The zero-order valence-corrected chi connectivity index (χ0v) is 19.0. The van der Waals surface area contributed by atoms with Crippen molar-refractivity contribution in [1.82, 2.24) is 5.32 Å². The molecule has 1 aliphatic heterocycles. The van der Waals surface area contributed by atoms with E-state index in [-0.39, 0.29) is 45.0 Å². The molecule has 1 heterocycles. The molecule has 0 bridgehead atoms. The van der Waals surface area contributed by atoms with Crippen molar-refractivity contribution in [2.24, 2.45) is 11.5 Å². The summed E-state index contributed by atoms with van der Waals surface area (Å²) >= 11 is 10.3. The Bertz CT molecular complexity index is 1410. The van der Waals surface area contributed by atoms with Crippen molar-refractivity contribution in [3.63, 3.8) is 0 Å². The number of nitrogens with two attached hydrogens (primary N) is 2. The van der Waals surface area contributed by atoms with Crippen molar-refractivity contribution >= 4 is 82.9 Å². The molecule has 32 heavy (non-hydrogen) atoms. The lowest BCUT2D eigenvalue weighted by atomic mass is 9.93. The van der Waals surface area contributed by atoms with Crippen LogP contribution in [0.25, 0.3) is 10.8 Å². The third-order valence-corrected chi connectivity index (χ3v) is 6.91. The second-order valence-electron chi connectivity index (χ2n) is 6.43. The largest absolute Gasteiger partial charge is 0.325 e. The summed E-state index contributed by atoms with van der Waals surface area (Å²) in [5, 5.41) is 1.44. The van der Waals surface area contributed by atoms with Crippen LogP contribution in [0.15, 0.2) is 28.0 Å². The van der Waals surface area contributed by atoms with E-state index in [2.05, 4.69) is 0 Å². The molecule has 12 nitrogen and oxygen atoms in total. The maximum atomic E-state index is 12.4. The summed E-state index contributed by atoms with van der Waals surface area (Å²) in [7, 11) is -9.98. The molecule has 2 aromatic rings. The van der Waals surface area contributed by atoms with Crippen LogP contribution in [0.5, 0.6) is 0 Å². The number of anilines is 1. The maximum absolute atomic E-state index is 12.4. The lowest BCUT2D eigenvalue weighted by Crippen LogP contribution is -2.43. The van der Waals surface area contributed by atoms with Crippen molar-refractivity contribution in [2.45, 2.75) is 9.79 Å². The summed E-state index contributed by atoms with van der Waals surface area (Å²) < 4.78 is 67.7. The molecule has 16 heteroatoms. The first-order valence-corrected chi connectivity index (χ1v) is 12.1. The number of carbonyl (C=O) groups excluding carboxylic acids is 2. The minimum absolute atomic E-state index is 0.154. The average Bonchev–Trinajstić information content (AvgIpc) is 2.69. The van der Waals surface area contributed by atoms with Crippen LogP contribution in [0.2, 0.25) is 0 Å². The molecule has 0 aliphatic carbocycles. The molecule has 3 rings (SSSR count). The van der Waals surface area contributed by atoms with E-state index in [9.17, 15) is 35.5 Å². The predicted molar refractivity (Wildman–Crippen MR) is 121 cm³/mol. The molecule has 0 saturated carbocycles. The summed E-state index contributed by atoms with van der Waals surface area (Å²) in [4.78, 5) is 23.8. The maximum Gasteiger partial charge on any atom is 0.296 e. The normalized spacial score (nSPS) is 13.8. The minimum Gasteiger partial charge on any atom is -0.325 e. The van der Waals surface area contributed by atoms with E-state index >= 15 is 0 Å². The minimum atomic E-state index is -5.08. The Morgan fingerprint density at radius 1 is 0.906 bits per heavy atom. The van der Waals surface area contributed by atoms with Crippen LogP contribution < -0.4 is 21.7 Å². The third-order valence-electron chi connectivity index (χ3n) is 4.51. The summed E-state index contributed by atoms with van der Waals surface area (Å²) in [6.45, 7) is -0.679. The summed E-state index contributed by atoms with van der Waals surface area (Å²) in [5.74, 6) is -2.00. The number of amides is 2. The molecule has 0 spiro atoms. The van der Waals surface area contributed by atoms with Crippen LogP contribution in [0.3, 0.4) is 0 Å². The van der Waals surface area contributed by atoms with Crippen LogP contribution in [0, 0.1) is 0 Å². The van der Waals surface area contributed by atoms with E-state index in [1.165, 1.54) is 0 Å². The smallest absolute Gasteiger partial charge is 0.296 e. The highest BCUT2D eigenvalue weighted by atomic mass is 32.2. The SMILES string of the molecule is NCC(=S)N(C(=S)CN)c1c(S(=O)(=O)O)cc2c3c(cc(S(=O)(=O)O)cc13)C(=O)NC2=O. The third kappa shape index (κ3) is 4.02. The van der Waals surface area contributed by atoms with E-state index in [0.29, 0.717) is 0 Å². The highest BCUT2D eigenvalue weighted by Gasteiger charge is 2.35. The van der Waals surface area contributed by atoms with Crippen LogP contribution >= 0.6 is 24.4 Å². The average molecular weight is 519 g/mol. The number of benzene rings is 2. The molecular formula is C16H14N4O8S4. The zero-order valence-electron chi connectivity index (χ0n) is 15.7. The number of thiocarbonyl (C=S) groups is 2. The number of hydrogen-bond donors (Lipinski definition) is 5. The number of hydrogen-bond acceptors (Lipinski definition) is 10. The number of nitrogens with zero attached hydrogens (tertiary/aromatic N) is 1. The van der Waals surface area contributed by atoms with E-state index in [4.69, 9.17) is 35.9 Å². The Labute approximate surface area is 192 Å². The molecule has 0 atom stereocenters. The Hall–Kier alpha value is -2.44. The fourth-order valence-corrected chi connectivity index (χ4v) is 4.95. The van der Waals surface area contributed by atoms with E-state index in [1.807, 2.05) is 5.32 Å². The summed E-state index contributed by atoms with van der Waals surface area (Å²) in [6, 6.07) is 2.42. The monoisotopic (exact) mass is 518 g/mol. The van der Waals surface area contributed by atoms with Crippen molar-refractivity contribution in [3.8, 4) is 0 Å². The van der Waals surface area contributed by atoms with Gasteiger partial charge in [-0.2, -0.15) is 16.8 Å². The van der Waals surface area contributed by atoms with Gasteiger partial charge in [0.2, 0.25) is 0 Å². The van der Waals surface area contributed by atoms with E-state index < -0.39 is 47.5 Å². The van der Waals surface area contributed by atoms with Gasteiger partial charge in [-0.1, -0.05) is 24.4 Å². The Morgan fingerprint density at radius 2 is 1.41 bits per heavy atom. The van der Waals surface area contributed by atoms with Crippen molar-refractivity contribution in [2.75, 3.05) is 18.0 Å². The molecule has 0 saturated heterocycles. The zero-order chi connectivity index (χ0) is 24.2. The number of nitrogens with one attached hydrogen (secondary N) is 1. The van der Waals surface area contributed by atoms with E-state index in [1.54, 1.807) is 0 Å². The number of carbonyl (C=O) groups is 2. The van der Waals surface area contributed by atoms with Gasteiger partial charge >= 0.3 is 0 Å². The molecule has 2 aromatic carbocycles. The molecule has 0 radical (unpaired) electrons. The number of rotatable bonds is 5. The second-order valence-corrected chi connectivity index (χ2v) is 10.2. The molecule has 170 valence electrons. The Kier molecular flexibility index (Phi) is 6.17. The number of imide groups is 1. The lowest BCUT2D eigenvalue weighted by Gasteiger charge is -2.29. The highest BCUT2D eigenvalue weighted by Crippen LogP contribution is 2.41. The Morgan fingerprint density at radius 3 is 1.84 bits per heavy atom. The fourth-order valence-electron chi connectivity index (χ4n) is 3.24. The van der Waals surface area contributed by atoms with Gasteiger partial charge in [0.25, 0.3) is 32.1 Å². The highest BCUT2D eigenvalue weighted by molar-refractivity contribution is 7.86. The fraction of sp³-hybridized carbons (Fsp3) is 0.125. The predicted octanol–water partition coefficient (Wildman–Crippen LogP) is -0.405. The van der Waals surface area contributed by atoms with Gasteiger partial charge in [0.05, 0.1) is 10.6 Å². The van der Waals surface area contributed by atoms with Gasteiger partial charge in [-0.05, 0) is 18.2 Å². The van der Waals surface area contributed by atoms with Crippen molar-refractivity contribution < 1.29 is 35.5 Å². The van der Waals surface area contributed by atoms with Crippen LogP contribution in [0.1, 0.15) is 20.7 Å². The van der Waals surface area contributed by atoms with Gasteiger partial charge in [0, 0.05) is 35.0 Å². The first-order valence-electron chi connectivity index (χ1n) is 8.43. The van der Waals surface area contributed by atoms with Crippen LogP contribution in [-0.2, 0) is 20.2 Å². The molecule has 0 aromatic heterocycles. The summed E-state index contributed by atoms with van der Waals surface area (Å²) in [5.41, 5.74) is 10.0.